The molecule has 3 aromatic rings. The Hall–Kier alpha value is -2.47. The molecule has 3 aromatic carbocycles. The molecule has 0 radical (unpaired) electrons. The molecule has 6 heteroatoms. The summed E-state index contributed by atoms with van der Waals surface area (Å²) in [6.45, 7) is 3.23. The van der Waals surface area contributed by atoms with Gasteiger partial charge in [-0.2, -0.15) is 0 Å². The van der Waals surface area contributed by atoms with Gasteiger partial charge in [0.15, 0.2) is 0 Å². The van der Waals surface area contributed by atoms with Gasteiger partial charge in [0.25, 0.3) is 0 Å². The van der Waals surface area contributed by atoms with E-state index in [4.69, 9.17) is 11.6 Å². The Labute approximate surface area is 192 Å². The average molecular weight is 457 g/mol. The van der Waals surface area contributed by atoms with Gasteiger partial charge in [-0.05, 0) is 92.0 Å². The smallest absolute Gasteiger partial charge is 0.123 e. The first-order chi connectivity index (χ1) is 15.4. The van der Waals surface area contributed by atoms with Crippen LogP contribution >= 0.6 is 11.6 Å². The SMILES string of the molecule is OC1(c2ccc(Cl)cc2)CCN(CCCN(c2ccc(F)cc2)c2ccc(F)cc2)CC1. The number of piperidine rings is 1. The summed E-state index contributed by atoms with van der Waals surface area (Å²) in [4.78, 5) is 4.44. The van der Waals surface area contributed by atoms with Crippen molar-refractivity contribution < 1.29 is 13.9 Å². The van der Waals surface area contributed by atoms with Gasteiger partial charge in [-0.25, -0.2) is 8.78 Å². The zero-order valence-corrected chi connectivity index (χ0v) is 18.6. The van der Waals surface area contributed by atoms with Crippen LogP contribution in [-0.2, 0) is 5.60 Å². The normalized spacial score (nSPS) is 16.1. The second-order valence-corrected chi connectivity index (χ2v) is 8.77. The minimum absolute atomic E-state index is 0.283. The molecule has 0 spiro atoms. The second-order valence-electron chi connectivity index (χ2n) is 8.34. The lowest BCUT2D eigenvalue weighted by Gasteiger charge is -2.39. The number of benzene rings is 3. The molecule has 32 heavy (non-hydrogen) atoms. The lowest BCUT2D eigenvalue weighted by molar-refractivity contribution is -0.0258. The van der Waals surface area contributed by atoms with Crippen LogP contribution in [0.4, 0.5) is 20.2 Å². The number of hydrogen-bond donors (Lipinski definition) is 1. The van der Waals surface area contributed by atoms with Gasteiger partial charge in [-0.15, -0.1) is 0 Å². The maximum atomic E-state index is 13.4. The highest BCUT2D eigenvalue weighted by molar-refractivity contribution is 6.30. The number of halogens is 3. The molecule has 0 unspecified atom stereocenters. The summed E-state index contributed by atoms with van der Waals surface area (Å²) in [5.74, 6) is -0.566. The molecule has 0 aliphatic carbocycles. The van der Waals surface area contributed by atoms with E-state index in [1.165, 1.54) is 24.3 Å². The predicted molar refractivity (Wildman–Crippen MR) is 125 cm³/mol. The molecule has 1 N–H and O–H groups in total. The molecular formula is C26H27ClF2N2O. The second kappa shape index (κ2) is 9.99. The Bertz CT molecular complexity index is 956. The van der Waals surface area contributed by atoms with E-state index < -0.39 is 5.60 Å². The van der Waals surface area contributed by atoms with Gasteiger partial charge in [0.1, 0.15) is 11.6 Å². The third kappa shape index (κ3) is 5.47. The molecule has 4 rings (SSSR count). The minimum atomic E-state index is -0.810. The van der Waals surface area contributed by atoms with E-state index in [0.29, 0.717) is 17.9 Å². The largest absolute Gasteiger partial charge is 0.385 e. The van der Waals surface area contributed by atoms with Crippen LogP contribution in [0.15, 0.2) is 72.8 Å². The van der Waals surface area contributed by atoms with Crippen LogP contribution in [0.1, 0.15) is 24.8 Å². The first-order valence-electron chi connectivity index (χ1n) is 10.9. The molecule has 1 heterocycles. The summed E-state index contributed by atoms with van der Waals surface area (Å²) < 4.78 is 26.8. The summed E-state index contributed by atoms with van der Waals surface area (Å²) in [6, 6.07) is 20.2. The van der Waals surface area contributed by atoms with E-state index in [9.17, 15) is 13.9 Å². The van der Waals surface area contributed by atoms with Crippen molar-refractivity contribution in [2.75, 3.05) is 31.1 Å². The summed E-state index contributed by atoms with van der Waals surface area (Å²) in [5.41, 5.74) is 1.85. The zero-order chi connectivity index (χ0) is 22.6. The van der Waals surface area contributed by atoms with Crippen molar-refractivity contribution in [3.8, 4) is 0 Å². The quantitative estimate of drug-likeness (QED) is 0.463. The highest BCUT2D eigenvalue weighted by atomic mass is 35.5. The first-order valence-corrected chi connectivity index (χ1v) is 11.3. The summed E-state index contributed by atoms with van der Waals surface area (Å²) >= 11 is 5.97. The molecule has 0 saturated carbocycles. The highest BCUT2D eigenvalue weighted by Crippen LogP contribution is 2.33. The van der Waals surface area contributed by atoms with Gasteiger partial charge < -0.3 is 14.9 Å². The molecule has 168 valence electrons. The zero-order valence-electron chi connectivity index (χ0n) is 17.9. The molecule has 0 amide bonds. The average Bonchev–Trinajstić information content (AvgIpc) is 2.80. The van der Waals surface area contributed by atoms with Crippen LogP contribution < -0.4 is 4.90 Å². The summed E-state index contributed by atoms with van der Waals surface area (Å²) in [7, 11) is 0. The molecular weight excluding hydrogens is 430 g/mol. The van der Waals surface area contributed by atoms with Crippen LogP contribution in [0.2, 0.25) is 5.02 Å². The topological polar surface area (TPSA) is 26.7 Å². The van der Waals surface area contributed by atoms with Crippen molar-refractivity contribution >= 4 is 23.0 Å². The third-order valence-corrected chi connectivity index (χ3v) is 6.45. The molecule has 1 aliphatic heterocycles. The van der Waals surface area contributed by atoms with Gasteiger partial charge in [0, 0.05) is 36.0 Å². The number of hydrogen-bond acceptors (Lipinski definition) is 3. The summed E-state index contributed by atoms with van der Waals surface area (Å²) in [6.07, 6.45) is 2.23. The van der Waals surface area contributed by atoms with Crippen molar-refractivity contribution in [3.63, 3.8) is 0 Å². The van der Waals surface area contributed by atoms with E-state index in [-0.39, 0.29) is 11.6 Å². The number of rotatable bonds is 7. The fourth-order valence-corrected chi connectivity index (χ4v) is 4.42. The van der Waals surface area contributed by atoms with Crippen LogP contribution in [0, 0.1) is 11.6 Å². The fourth-order valence-electron chi connectivity index (χ4n) is 4.30. The molecule has 3 nitrogen and oxygen atoms in total. The van der Waals surface area contributed by atoms with Crippen LogP contribution in [0.25, 0.3) is 0 Å². The Morgan fingerprint density at radius 1 is 0.812 bits per heavy atom. The van der Waals surface area contributed by atoms with Crippen LogP contribution in [-0.4, -0.2) is 36.2 Å². The van der Waals surface area contributed by atoms with Gasteiger partial charge in [-0.3, -0.25) is 0 Å². The molecule has 1 fully saturated rings. The predicted octanol–water partition coefficient (Wildman–Crippen LogP) is 6.13. The highest BCUT2D eigenvalue weighted by Gasteiger charge is 2.33. The van der Waals surface area contributed by atoms with E-state index in [1.54, 1.807) is 24.3 Å². The lowest BCUT2D eigenvalue weighted by atomic mass is 9.84. The molecule has 0 atom stereocenters. The monoisotopic (exact) mass is 456 g/mol. The molecule has 1 aliphatic rings. The Morgan fingerprint density at radius 3 is 1.81 bits per heavy atom. The third-order valence-electron chi connectivity index (χ3n) is 6.20. The van der Waals surface area contributed by atoms with Gasteiger partial charge in [0.2, 0.25) is 0 Å². The Morgan fingerprint density at radius 2 is 1.31 bits per heavy atom. The Kier molecular flexibility index (Phi) is 7.09. The van der Waals surface area contributed by atoms with E-state index >= 15 is 0 Å². The van der Waals surface area contributed by atoms with Crippen LogP contribution in [0.5, 0.6) is 0 Å². The van der Waals surface area contributed by atoms with Crippen molar-refractivity contribution in [2.45, 2.75) is 24.9 Å². The van der Waals surface area contributed by atoms with E-state index in [2.05, 4.69) is 9.80 Å². The maximum Gasteiger partial charge on any atom is 0.123 e. The fraction of sp³-hybridized carbons (Fsp3) is 0.308. The maximum absolute atomic E-state index is 13.4. The molecule has 0 bridgehead atoms. The van der Waals surface area contributed by atoms with Crippen molar-refractivity contribution in [1.82, 2.24) is 4.90 Å². The van der Waals surface area contributed by atoms with Crippen molar-refractivity contribution in [1.29, 1.82) is 0 Å². The van der Waals surface area contributed by atoms with Crippen molar-refractivity contribution in [3.05, 3.63) is 95.0 Å². The standard InChI is InChI=1S/C26H27ClF2N2O/c27-21-4-2-20(3-5-21)26(32)14-18-30(19-15-26)16-1-17-31(24-10-6-22(28)7-11-24)25-12-8-23(29)9-13-25/h2-13,32H,1,14-19H2. The Balaban J connectivity index is 1.35. The van der Waals surface area contributed by atoms with Crippen LogP contribution in [0.3, 0.4) is 0 Å². The number of anilines is 2. The number of likely N-dealkylation sites (tertiary alicyclic amines) is 1. The first kappa shape index (κ1) is 22.7. The van der Waals surface area contributed by atoms with Gasteiger partial charge >= 0.3 is 0 Å². The van der Waals surface area contributed by atoms with E-state index in [0.717, 1.165) is 49.5 Å². The van der Waals surface area contributed by atoms with E-state index in [1.807, 2.05) is 24.3 Å². The van der Waals surface area contributed by atoms with Crippen molar-refractivity contribution in [2.24, 2.45) is 0 Å². The summed E-state index contributed by atoms with van der Waals surface area (Å²) in [5, 5.41) is 11.7. The minimum Gasteiger partial charge on any atom is -0.385 e. The number of aliphatic hydroxyl groups is 1. The van der Waals surface area contributed by atoms with Gasteiger partial charge in [0.05, 0.1) is 5.60 Å². The van der Waals surface area contributed by atoms with Gasteiger partial charge in [-0.1, -0.05) is 23.7 Å². The number of nitrogens with zero attached hydrogens (tertiary/aromatic N) is 2. The molecule has 1 saturated heterocycles. The lowest BCUT2D eigenvalue weighted by Crippen LogP contribution is -2.43. The molecule has 0 aromatic heterocycles.